The second-order valence-corrected chi connectivity index (χ2v) is 6.55. The van der Waals surface area contributed by atoms with Gasteiger partial charge in [-0.05, 0) is 51.3 Å². The summed E-state index contributed by atoms with van der Waals surface area (Å²) in [5.74, 6) is 0. The van der Waals surface area contributed by atoms with Gasteiger partial charge in [-0.15, -0.1) is 0 Å². The predicted octanol–water partition coefficient (Wildman–Crippen LogP) is 4.19. The first-order valence-electron chi connectivity index (χ1n) is 8.63. The lowest BCUT2D eigenvalue weighted by Gasteiger charge is -2.18. The van der Waals surface area contributed by atoms with E-state index in [1.807, 2.05) is 17.8 Å². The predicted molar refractivity (Wildman–Crippen MR) is 101 cm³/mol. The van der Waals surface area contributed by atoms with Crippen LogP contribution in [0.1, 0.15) is 36.5 Å². The number of hydrogen-bond donors (Lipinski definition) is 1. The molecular weight excluding hydrogens is 296 g/mol. The van der Waals surface area contributed by atoms with Crippen molar-refractivity contribution in [3.8, 4) is 0 Å². The van der Waals surface area contributed by atoms with Gasteiger partial charge in [-0.25, -0.2) is 0 Å². The molecule has 0 aliphatic carbocycles. The van der Waals surface area contributed by atoms with Gasteiger partial charge in [0.1, 0.15) is 0 Å². The zero-order valence-corrected chi connectivity index (χ0v) is 15.2. The molecule has 2 heterocycles. The Morgan fingerprint density at radius 1 is 1.21 bits per heavy atom. The fraction of sp³-hybridized carbons (Fsp3) is 0.400. The minimum Gasteiger partial charge on any atom is -0.382 e. The molecule has 4 heteroatoms. The Kier molecular flexibility index (Phi) is 4.56. The summed E-state index contributed by atoms with van der Waals surface area (Å²) in [4.78, 5) is 4.72. The van der Waals surface area contributed by atoms with Crippen LogP contribution in [0.15, 0.2) is 30.3 Å². The van der Waals surface area contributed by atoms with Crippen molar-refractivity contribution in [1.29, 1.82) is 0 Å². The minimum atomic E-state index is 0.321. The molecule has 3 aromatic rings. The number of pyridine rings is 1. The fourth-order valence-electron chi connectivity index (χ4n) is 3.27. The van der Waals surface area contributed by atoms with Gasteiger partial charge in [0.2, 0.25) is 0 Å². The summed E-state index contributed by atoms with van der Waals surface area (Å²) in [6.07, 6.45) is 1.90. The molecule has 0 saturated heterocycles. The van der Waals surface area contributed by atoms with Crippen LogP contribution in [-0.4, -0.2) is 20.8 Å². The molecule has 0 amide bonds. The SMILES string of the molecule is CCc1cc(NC(C)Cc2c(C)nn(C)c2C)c2ccccc2n1. The molecule has 1 unspecified atom stereocenters. The van der Waals surface area contributed by atoms with Crippen LogP contribution in [-0.2, 0) is 19.9 Å². The van der Waals surface area contributed by atoms with Crippen LogP contribution in [0.4, 0.5) is 5.69 Å². The van der Waals surface area contributed by atoms with Gasteiger partial charge in [-0.1, -0.05) is 25.1 Å². The molecule has 24 heavy (non-hydrogen) atoms. The molecule has 0 radical (unpaired) electrons. The fourth-order valence-corrected chi connectivity index (χ4v) is 3.27. The Labute approximate surface area is 143 Å². The molecule has 1 aromatic carbocycles. The highest BCUT2D eigenvalue weighted by atomic mass is 15.3. The van der Waals surface area contributed by atoms with Crippen LogP contribution in [0.25, 0.3) is 10.9 Å². The maximum Gasteiger partial charge on any atom is 0.0726 e. The Balaban J connectivity index is 1.89. The zero-order valence-electron chi connectivity index (χ0n) is 15.2. The number of para-hydroxylation sites is 1. The van der Waals surface area contributed by atoms with Gasteiger partial charge in [-0.2, -0.15) is 5.10 Å². The number of rotatable bonds is 5. The molecule has 3 rings (SSSR count). The molecule has 1 N–H and O–H groups in total. The van der Waals surface area contributed by atoms with Gasteiger partial charge in [0, 0.05) is 35.6 Å². The first kappa shape index (κ1) is 16.5. The summed E-state index contributed by atoms with van der Waals surface area (Å²) < 4.78 is 1.97. The third kappa shape index (κ3) is 3.14. The first-order chi connectivity index (χ1) is 11.5. The van der Waals surface area contributed by atoms with Crippen molar-refractivity contribution >= 4 is 16.6 Å². The average molecular weight is 322 g/mol. The smallest absolute Gasteiger partial charge is 0.0726 e. The van der Waals surface area contributed by atoms with Gasteiger partial charge in [-0.3, -0.25) is 9.67 Å². The van der Waals surface area contributed by atoms with Gasteiger partial charge in [0.15, 0.2) is 0 Å². The quantitative estimate of drug-likeness (QED) is 0.766. The van der Waals surface area contributed by atoms with Crippen molar-refractivity contribution in [2.24, 2.45) is 7.05 Å². The Morgan fingerprint density at radius 2 is 1.96 bits per heavy atom. The number of nitrogens with zero attached hydrogens (tertiary/aromatic N) is 3. The van der Waals surface area contributed by atoms with Gasteiger partial charge < -0.3 is 5.32 Å². The van der Waals surface area contributed by atoms with Crippen molar-refractivity contribution in [3.05, 3.63) is 53.0 Å². The lowest BCUT2D eigenvalue weighted by Crippen LogP contribution is -2.19. The van der Waals surface area contributed by atoms with E-state index in [1.54, 1.807) is 0 Å². The van der Waals surface area contributed by atoms with E-state index < -0.39 is 0 Å². The summed E-state index contributed by atoms with van der Waals surface area (Å²) in [7, 11) is 2.01. The minimum absolute atomic E-state index is 0.321. The van der Waals surface area contributed by atoms with E-state index in [4.69, 9.17) is 4.98 Å². The maximum absolute atomic E-state index is 4.72. The zero-order chi connectivity index (χ0) is 17.3. The van der Waals surface area contributed by atoms with Crippen molar-refractivity contribution in [3.63, 3.8) is 0 Å². The van der Waals surface area contributed by atoms with Crippen molar-refractivity contribution < 1.29 is 0 Å². The Hall–Kier alpha value is -2.36. The summed E-state index contributed by atoms with van der Waals surface area (Å²) >= 11 is 0. The van der Waals surface area contributed by atoms with Crippen LogP contribution < -0.4 is 5.32 Å². The highest BCUT2D eigenvalue weighted by molar-refractivity contribution is 5.91. The summed E-state index contributed by atoms with van der Waals surface area (Å²) in [6, 6.07) is 10.8. The number of fused-ring (bicyclic) bond motifs is 1. The second kappa shape index (κ2) is 6.63. The molecule has 126 valence electrons. The molecule has 4 nitrogen and oxygen atoms in total. The van der Waals surface area contributed by atoms with Gasteiger partial charge in [0.25, 0.3) is 0 Å². The number of benzene rings is 1. The molecule has 0 spiro atoms. The Bertz CT molecular complexity index is 863. The molecule has 0 saturated carbocycles. The second-order valence-electron chi connectivity index (χ2n) is 6.55. The molecule has 1 atom stereocenters. The van der Waals surface area contributed by atoms with E-state index in [-0.39, 0.29) is 0 Å². The molecular formula is C20H26N4. The molecule has 0 aliphatic rings. The van der Waals surface area contributed by atoms with E-state index in [2.05, 4.69) is 62.4 Å². The monoisotopic (exact) mass is 322 g/mol. The lowest BCUT2D eigenvalue weighted by atomic mass is 10.0. The van der Waals surface area contributed by atoms with E-state index >= 15 is 0 Å². The number of hydrogen-bond acceptors (Lipinski definition) is 3. The van der Waals surface area contributed by atoms with Crippen molar-refractivity contribution in [1.82, 2.24) is 14.8 Å². The highest BCUT2D eigenvalue weighted by Crippen LogP contribution is 2.25. The summed E-state index contributed by atoms with van der Waals surface area (Å²) in [5.41, 5.74) is 7.06. The van der Waals surface area contributed by atoms with Crippen LogP contribution in [0.3, 0.4) is 0 Å². The van der Waals surface area contributed by atoms with Crippen LogP contribution in [0, 0.1) is 13.8 Å². The summed E-state index contributed by atoms with van der Waals surface area (Å²) in [5, 5.41) is 9.40. The van der Waals surface area contributed by atoms with E-state index in [1.165, 1.54) is 22.3 Å². The highest BCUT2D eigenvalue weighted by Gasteiger charge is 2.14. The number of aromatic nitrogens is 3. The van der Waals surface area contributed by atoms with Gasteiger partial charge >= 0.3 is 0 Å². The topological polar surface area (TPSA) is 42.7 Å². The third-order valence-corrected chi connectivity index (χ3v) is 4.70. The average Bonchev–Trinajstić information content (AvgIpc) is 2.81. The molecule has 0 fully saturated rings. The lowest BCUT2D eigenvalue weighted by molar-refractivity contribution is 0.727. The first-order valence-corrected chi connectivity index (χ1v) is 8.63. The number of anilines is 1. The van der Waals surface area contributed by atoms with Crippen LogP contribution in [0.2, 0.25) is 0 Å². The standard InChI is InChI=1S/C20H26N4/c1-6-16-12-20(17-9-7-8-10-19(17)22-16)21-13(2)11-18-14(3)23-24(5)15(18)4/h7-10,12-13H,6,11H2,1-5H3,(H,21,22). The largest absolute Gasteiger partial charge is 0.382 e. The molecule has 2 aromatic heterocycles. The maximum atomic E-state index is 4.72. The number of nitrogens with one attached hydrogen (secondary N) is 1. The molecule has 0 bridgehead atoms. The number of aryl methyl sites for hydroxylation is 3. The van der Waals surface area contributed by atoms with Crippen LogP contribution >= 0.6 is 0 Å². The Morgan fingerprint density at radius 3 is 2.62 bits per heavy atom. The van der Waals surface area contributed by atoms with E-state index in [0.29, 0.717) is 6.04 Å². The van der Waals surface area contributed by atoms with Crippen molar-refractivity contribution in [2.45, 2.75) is 46.6 Å². The van der Waals surface area contributed by atoms with Crippen molar-refractivity contribution in [2.75, 3.05) is 5.32 Å². The summed E-state index contributed by atoms with van der Waals surface area (Å²) in [6.45, 7) is 8.60. The molecule has 0 aliphatic heterocycles. The van der Waals surface area contributed by atoms with E-state index in [9.17, 15) is 0 Å². The van der Waals surface area contributed by atoms with Crippen LogP contribution in [0.5, 0.6) is 0 Å². The van der Waals surface area contributed by atoms with E-state index in [0.717, 1.165) is 29.7 Å². The van der Waals surface area contributed by atoms with Gasteiger partial charge in [0.05, 0.1) is 11.2 Å². The third-order valence-electron chi connectivity index (χ3n) is 4.70. The normalized spacial score (nSPS) is 12.5.